The van der Waals surface area contributed by atoms with Crippen LogP contribution in [0.25, 0.3) is 10.9 Å². The van der Waals surface area contributed by atoms with E-state index in [2.05, 4.69) is 70.3 Å². The van der Waals surface area contributed by atoms with E-state index in [0.717, 1.165) is 24.3 Å². The van der Waals surface area contributed by atoms with Crippen molar-refractivity contribution in [1.82, 2.24) is 10.3 Å². The van der Waals surface area contributed by atoms with Crippen molar-refractivity contribution in [3.8, 4) is 0 Å². The maximum Gasteiger partial charge on any atom is 0.0708 e. The van der Waals surface area contributed by atoms with Crippen LogP contribution in [0.1, 0.15) is 45.9 Å². The molecule has 1 N–H and O–H groups in total. The largest absolute Gasteiger partial charge is 0.312 e. The summed E-state index contributed by atoms with van der Waals surface area (Å²) in [4.78, 5) is 4.82. The van der Waals surface area contributed by atoms with Crippen LogP contribution in [0.15, 0.2) is 30.3 Å². The second-order valence-electron chi connectivity index (χ2n) is 6.96. The van der Waals surface area contributed by atoms with Crippen LogP contribution in [-0.4, -0.2) is 11.5 Å². The maximum absolute atomic E-state index is 4.82. The van der Waals surface area contributed by atoms with Crippen LogP contribution in [0.2, 0.25) is 0 Å². The lowest BCUT2D eigenvalue weighted by molar-refractivity contribution is 0.549. The van der Waals surface area contributed by atoms with Gasteiger partial charge in [-0.25, -0.2) is 0 Å². The first-order valence-electron chi connectivity index (χ1n) is 7.48. The molecule has 0 unspecified atom stereocenters. The van der Waals surface area contributed by atoms with E-state index >= 15 is 0 Å². The summed E-state index contributed by atoms with van der Waals surface area (Å²) in [5, 5.41) is 4.81. The van der Waals surface area contributed by atoms with E-state index < -0.39 is 0 Å². The van der Waals surface area contributed by atoms with Gasteiger partial charge in [0.2, 0.25) is 0 Å². The van der Waals surface area contributed by atoms with Gasteiger partial charge in [-0.1, -0.05) is 52.8 Å². The maximum atomic E-state index is 4.82. The van der Waals surface area contributed by atoms with Crippen LogP contribution >= 0.6 is 0 Å². The second-order valence-corrected chi connectivity index (χ2v) is 6.96. The molecule has 0 saturated carbocycles. The molecule has 2 rings (SSSR count). The molecule has 2 nitrogen and oxygen atoms in total. The van der Waals surface area contributed by atoms with Crippen molar-refractivity contribution in [2.24, 2.45) is 5.92 Å². The Hall–Kier alpha value is -1.41. The topological polar surface area (TPSA) is 24.9 Å². The van der Waals surface area contributed by atoms with Gasteiger partial charge < -0.3 is 5.32 Å². The fourth-order valence-corrected chi connectivity index (χ4v) is 2.27. The van der Waals surface area contributed by atoms with Crippen LogP contribution in [0.5, 0.6) is 0 Å². The fourth-order valence-electron chi connectivity index (χ4n) is 2.27. The number of pyridine rings is 1. The lowest BCUT2D eigenvalue weighted by atomic mass is 9.90. The number of fused-ring (bicyclic) bond motifs is 1. The Morgan fingerprint density at radius 2 is 1.85 bits per heavy atom. The molecular weight excluding hydrogens is 244 g/mol. The third-order valence-electron chi connectivity index (χ3n) is 3.44. The first-order valence-corrected chi connectivity index (χ1v) is 7.48. The number of hydrogen-bond acceptors (Lipinski definition) is 2. The molecule has 1 aromatic carbocycles. The van der Waals surface area contributed by atoms with Crippen LogP contribution in [-0.2, 0) is 12.0 Å². The Morgan fingerprint density at radius 1 is 1.15 bits per heavy atom. The van der Waals surface area contributed by atoms with Gasteiger partial charge in [0.1, 0.15) is 0 Å². The number of hydrogen-bond donors (Lipinski definition) is 1. The molecule has 0 fully saturated rings. The Labute approximate surface area is 122 Å². The highest BCUT2D eigenvalue weighted by Gasteiger charge is 2.17. The van der Waals surface area contributed by atoms with Crippen LogP contribution < -0.4 is 5.32 Å². The van der Waals surface area contributed by atoms with E-state index in [1.807, 2.05) is 0 Å². The lowest BCUT2D eigenvalue weighted by Gasteiger charge is -2.20. The molecule has 1 heterocycles. The van der Waals surface area contributed by atoms with E-state index in [0.29, 0.717) is 5.92 Å². The highest BCUT2D eigenvalue weighted by molar-refractivity contribution is 5.82. The van der Waals surface area contributed by atoms with Gasteiger partial charge in [-0.3, -0.25) is 4.98 Å². The van der Waals surface area contributed by atoms with Crippen molar-refractivity contribution in [3.05, 3.63) is 41.6 Å². The Bertz CT molecular complexity index is 579. The standard InChI is InChI=1S/C18H26N2/c1-13(2)11-19-12-14-10-17(18(3,4)5)20-16-9-7-6-8-15(14)16/h6-10,13,19H,11-12H2,1-5H3. The van der Waals surface area contributed by atoms with Gasteiger partial charge in [-0.15, -0.1) is 0 Å². The summed E-state index contributed by atoms with van der Waals surface area (Å²) in [6.07, 6.45) is 0. The second kappa shape index (κ2) is 5.92. The zero-order valence-electron chi connectivity index (χ0n) is 13.3. The van der Waals surface area contributed by atoms with Crippen molar-refractivity contribution in [2.45, 2.75) is 46.6 Å². The molecule has 0 amide bonds. The van der Waals surface area contributed by atoms with E-state index in [9.17, 15) is 0 Å². The molecule has 108 valence electrons. The highest BCUT2D eigenvalue weighted by Crippen LogP contribution is 2.26. The van der Waals surface area contributed by atoms with Crippen LogP contribution in [0.3, 0.4) is 0 Å². The molecule has 0 saturated heterocycles. The molecule has 20 heavy (non-hydrogen) atoms. The van der Waals surface area contributed by atoms with Crippen LogP contribution in [0.4, 0.5) is 0 Å². The predicted molar refractivity (Wildman–Crippen MR) is 87.0 cm³/mol. The number of benzene rings is 1. The van der Waals surface area contributed by atoms with E-state index in [1.54, 1.807) is 0 Å². The predicted octanol–water partition coefficient (Wildman–Crippen LogP) is 4.28. The summed E-state index contributed by atoms with van der Waals surface area (Å²) < 4.78 is 0. The summed E-state index contributed by atoms with van der Waals surface area (Å²) in [6.45, 7) is 13.1. The van der Waals surface area contributed by atoms with Gasteiger partial charge in [-0.2, -0.15) is 0 Å². The van der Waals surface area contributed by atoms with Gasteiger partial charge in [0.25, 0.3) is 0 Å². The Kier molecular flexibility index (Phi) is 4.44. The molecule has 0 aliphatic rings. The molecule has 0 bridgehead atoms. The van der Waals surface area contributed by atoms with Gasteiger partial charge >= 0.3 is 0 Å². The molecule has 0 spiro atoms. The molecular formula is C18H26N2. The number of rotatable bonds is 4. The monoisotopic (exact) mass is 270 g/mol. The van der Waals surface area contributed by atoms with E-state index in [-0.39, 0.29) is 5.41 Å². The van der Waals surface area contributed by atoms with Gasteiger partial charge in [0.15, 0.2) is 0 Å². The normalized spacial score (nSPS) is 12.3. The van der Waals surface area contributed by atoms with Crippen molar-refractivity contribution in [1.29, 1.82) is 0 Å². The van der Waals surface area contributed by atoms with Crippen molar-refractivity contribution < 1.29 is 0 Å². The summed E-state index contributed by atoms with van der Waals surface area (Å²) in [5.74, 6) is 0.671. The molecule has 0 atom stereocenters. The molecule has 0 aliphatic carbocycles. The molecule has 2 aromatic rings. The van der Waals surface area contributed by atoms with Crippen molar-refractivity contribution >= 4 is 10.9 Å². The average molecular weight is 270 g/mol. The van der Waals surface area contributed by atoms with E-state index in [4.69, 9.17) is 4.98 Å². The summed E-state index contributed by atoms with van der Waals surface area (Å²) in [6, 6.07) is 10.7. The number of nitrogens with one attached hydrogen (secondary N) is 1. The smallest absolute Gasteiger partial charge is 0.0708 e. The number of aromatic nitrogens is 1. The molecule has 0 aliphatic heterocycles. The van der Waals surface area contributed by atoms with Gasteiger partial charge in [-0.05, 0) is 30.2 Å². The Balaban J connectivity index is 2.39. The lowest BCUT2D eigenvalue weighted by Crippen LogP contribution is -2.20. The minimum absolute atomic E-state index is 0.0802. The zero-order valence-corrected chi connectivity index (χ0v) is 13.3. The fraction of sp³-hybridized carbons (Fsp3) is 0.500. The van der Waals surface area contributed by atoms with Gasteiger partial charge in [0, 0.05) is 23.0 Å². The molecule has 2 heteroatoms. The minimum Gasteiger partial charge on any atom is -0.312 e. The summed E-state index contributed by atoms with van der Waals surface area (Å²) in [5.41, 5.74) is 3.69. The third kappa shape index (κ3) is 3.57. The molecule has 1 aromatic heterocycles. The van der Waals surface area contributed by atoms with Gasteiger partial charge in [0.05, 0.1) is 5.52 Å². The summed E-state index contributed by atoms with van der Waals surface area (Å²) in [7, 11) is 0. The Morgan fingerprint density at radius 3 is 2.50 bits per heavy atom. The zero-order chi connectivity index (χ0) is 14.8. The van der Waals surface area contributed by atoms with E-state index in [1.165, 1.54) is 10.9 Å². The molecule has 0 radical (unpaired) electrons. The third-order valence-corrected chi connectivity index (χ3v) is 3.44. The van der Waals surface area contributed by atoms with Crippen molar-refractivity contribution in [2.75, 3.05) is 6.54 Å². The highest BCUT2D eigenvalue weighted by atomic mass is 14.9. The SMILES string of the molecule is CC(C)CNCc1cc(C(C)(C)C)nc2ccccc12. The first kappa shape index (κ1) is 15.0. The van der Waals surface area contributed by atoms with Crippen molar-refractivity contribution in [3.63, 3.8) is 0 Å². The quantitative estimate of drug-likeness (QED) is 0.897. The number of nitrogens with zero attached hydrogens (tertiary/aromatic N) is 1. The average Bonchev–Trinajstić information content (AvgIpc) is 2.37. The summed E-state index contributed by atoms with van der Waals surface area (Å²) >= 11 is 0. The van der Waals surface area contributed by atoms with Crippen LogP contribution in [0, 0.1) is 5.92 Å². The number of para-hydroxylation sites is 1. The minimum atomic E-state index is 0.0802. The first-order chi connectivity index (χ1) is 9.38.